The molecule has 0 aliphatic heterocycles. The first kappa shape index (κ1) is 16.1. The topological polar surface area (TPSA) is 98.2 Å². The molecule has 2 aromatic carbocycles. The highest BCUT2D eigenvalue weighted by Gasteiger charge is 2.18. The van der Waals surface area contributed by atoms with E-state index in [-0.39, 0.29) is 10.6 Å². The van der Waals surface area contributed by atoms with Gasteiger partial charge in [0.15, 0.2) is 0 Å². The molecule has 0 bridgehead atoms. The molecule has 0 heterocycles. The highest BCUT2D eigenvalue weighted by Crippen LogP contribution is 2.39. The Kier molecular flexibility index (Phi) is 4.50. The zero-order valence-electron chi connectivity index (χ0n) is 11.0. The van der Waals surface area contributed by atoms with Crippen molar-refractivity contribution in [3.05, 3.63) is 44.8 Å². The maximum Gasteiger partial charge on any atom is 0.261 e. The van der Waals surface area contributed by atoms with Crippen LogP contribution in [0.4, 0.5) is 17.1 Å². The minimum absolute atomic E-state index is 0.173. The molecule has 0 aliphatic carbocycles. The van der Waals surface area contributed by atoms with Crippen LogP contribution in [-0.4, -0.2) is 8.42 Å². The number of aryl methyl sites for hydroxylation is 1. The van der Waals surface area contributed by atoms with Crippen LogP contribution in [0.2, 0.25) is 0 Å². The SMILES string of the molecule is Cc1ccc(S(=O)(=O)Nc2cc(N)c(N)c(Br)c2Br)cc1. The van der Waals surface area contributed by atoms with Crippen molar-refractivity contribution in [2.45, 2.75) is 11.8 Å². The summed E-state index contributed by atoms with van der Waals surface area (Å²) >= 11 is 6.56. The van der Waals surface area contributed by atoms with Gasteiger partial charge in [0.25, 0.3) is 10.0 Å². The van der Waals surface area contributed by atoms with Crippen LogP contribution in [0.15, 0.2) is 44.2 Å². The maximum absolute atomic E-state index is 12.4. The minimum Gasteiger partial charge on any atom is -0.397 e. The highest BCUT2D eigenvalue weighted by atomic mass is 79.9. The van der Waals surface area contributed by atoms with Crippen LogP contribution in [0.25, 0.3) is 0 Å². The van der Waals surface area contributed by atoms with E-state index < -0.39 is 10.0 Å². The Bertz CT molecular complexity index is 790. The summed E-state index contributed by atoms with van der Waals surface area (Å²) in [5.41, 5.74) is 13.4. The highest BCUT2D eigenvalue weighted by molar-refractivity contribution is 9.13. The van der Waals surface area contributed by atoms with E-state index in [2.05, 4.69) is 36.6 Å². The number of benzene rings is 2. The van der Waals surface area contributed by atoms with Crippen molar-refractivity contribution in [1.82, 2.24) is 0 Å². The monoisotopic (exact) mass is 433 g/mol. The van der Waals surface area contributed by atoms with Gasteiger partial charge < -0.3 is 11.5 Å². The molecule has 0 aromatic heterocycles. The lowest BCUT2D eigenvalue weighted by molar-refractivity contribution is 0.601. The third-order valence-electron chi connectivity index (χ3n) is 2.85. The number of nitrogen functional groups attached to an aromatic ring is 2. The number of rotatable bonds is 3. The summed E-state index contributed by atoms with van der Waals surface area (Å²) in [6.07, 6.45) is 0. The summed E-state index contributed by atoms with van der Waals surface area (Å²) in [4.78, 5) is 0.173. The van der Waals surface area contributed by atoms with E-state index in [9.17, 15) is 8.42 Å². The fourth-order valence-electron chi connectivity index (χ4n) is 1.66. The largest absolute Gasteiger partial charge is 0.397 e. The smallest absolute Gasteiger partial charge is 0.261 e. The fraction of sp³-hybridized carbons (Fsp3) is 0.0769. The van der Waals surface area contributed by atoms with E-state index >= 15 is 0 Å². The van der Waals surface area contributed by atoms with Gasteiger partial charge in [-0.2, -0.15) is 0 Å². The zero-order valence-corrected chi connectivity index (χ0v) is 15.0. The fourth-order valence-corrected chi connectivity index (χ4v) is 3.72. The molecule has 0 spiro atoms. The van der Waals surface area contributed by atoms with Gasteiger partial charge in [-0.25, -0.2) is 8.42 Å². The normalized spacial score (nSPS) is 11.4. The number of hydrogen-bond acceptors (Lipinski definition) is 4. The number of anilines is 3. The first-order valence-corrected chi connectivity index (χ1v) is 8.91. The molecule has 2 aromatic rings. The van der Waals surface area contributed by atoms with Crippen molar-refractivity contribution in [1.29, 1.82) is 0 Å². The standard InChI is InChI=1S/C13H13Br2N3O2S/c1-7-2-4-8(5-3-7)21(19,20)18-10-6-9(16)13(17)12(15)11(10)14/h2-6,18H,16-17H2,1H3. The van der Waals surface area contributed by atoms with E-state index in [0.29, 0.717) is 20.3 Å². The predicted molar refractivity (Wildman–Crippen MR) is 92.7 cm³/mol. The Hall–Kier alpha value is -1.25. The lowest BCUT2D eigenvalue weighted by Crippen LogP contribution is -2.14. The van der Waals surface area contributed by atoms with Gasteiger partial charge in [-0.15, -0.1) is 0 Å². The molecular weight excluding hydrogens is 422 g/mol. The number of hydrogen-bond donors (Lipinski definition) is 3. The molecular formula is C13H13Br2N3O2S. The van der Waals surface area contributed by atoms with Crippen molar-refractivity contribution < 1.29 is 8.42 Å². The Morgan fingerprint density at radius 1 is 1.05 bits per heavy atom. The number of nitrogens with two attached hydrogens (primary N) is 2. The van der Waals surface area contributed by atoms with Crippen molar-refractivity contribution in [2.24, 2.45) is 0 Å². The van der Waals surface area contributed by atoms with Crippen LogP contribution in [-0.2, 0) is 10.0 Å². The molecule has 5 nitrogen and oxygen atoms in total. The van der Waals surface area contributed by atoms with E-state index in [1.807, 2.05) is 6.92 Å². The molecule has 2 rings (SSSR count). The number of halogens is 2. The lowest BCUT2D eigenvalue weighted by atomic mass is 10.2. The van der Waals surface area contributed by atoms with E-state index in [4.69, 9.17) is 11.5 Å². The molecule has 8 heteroatoms. The summed E-state index contributed by atoms with van der Waals surface area (Å²) in [7, 11) is -3.70. The van der Waals surface area contributed by atoms with Crippen LogP contribution < -0.4 is 16.2 Å². The van der Waals surface area contributed by atoms with E-state index in [1.165, 1.54) is 6.07 Å². The summed E-state index contributed by atoms with van der Waals surface area (Å²) in [5.74, 6) is 0. The van der Waals surface area contributed by atoms with Gasteiger partial charge >= 0.3 is 0 Å². The molecule has 0 unspecified atom stereocenters. The first-order valence-electron chi connectivity index (χ1n) is 5.85. The van der Waals surface area contributed by atoms with Crippen molar-refractivity contribution in [3.63, 3.8) is 0 Å². The van der Waals surface area contributed by atoms with Crippen LogP contribution in [0.5, 0.6) is 0 Å². The summed E-state index contributed by atoms with van der Waals surface area (Å²) in [6, 6.07) is 8.02. The Balaban J connectivity index is 2.44. The second-order valence-corrected chi connectivity index (χ2v) is 7.74. The second kappa shape index (κ2) is 5.86. The van der Waals surface area contributed by atoms with Gasteiger partial charge in [0.05, 0.1) is 30.9 Å². The minimum atomic E-state index is -3.70. The average molecular weight is 435 g/mol. The molecule has 0 amide bonds. The van der Waals surface area contributed by atoms with Gasteiger partial charge in [0, 0.05) is 0 Å². The molecule has 21 heavy (non-hydrogen) atoms. The molecule has 0 fully saturated rings. The van der Waals surface area contributed by atoms with Gasteiger partial charge in [0.2, 0.25) is 0 Å². The van der Waals surface area contributed by atoms with Crippen LogP contribution in [0, 0.1) is 6.92 Å². The molecule has 0 saturated heterocycles. The Morgan fingerprint density at radius 2 is 1.62 bits per heavy atom. The molecule has 112 valence electrons. The van der Waals surface area contributed by atoms with Gasteiger partial charge in [0.1, 0.15) is 0 Å². The van der Waals surface area contributed by atoms with E-state index in [1.54, 1.807) is 24.3 Å². The quantitative estimate of drug-likeness (QED) is 0.644. The third kappa shape index (κ3) is 3.33. The van der Waals surface area contributed by atoms with Gasteiger partial charge in [-0.05, 0) is 57.0 Å². The second-order valence-electron chi connectivity index (χ2n) is 4.47. The van der Waals surface area contributed by atoms with E-state index in [0.717, 1.165) is 5.56 Å². The third-order valence-corrected chi connectivity index (χ3v) is 6.41. The van der Waals surface area contributed by atoms with Crippen molar-refractivity contribution >= 4 is 58.9 Å². The Morgan fingerprint density at radius 3 is 2.19 bits per heavy atom. The number of nitrogens with one attached hydrogen (secondary N) is 1. The van der Waals surface area contributed by atoms with Crippen LogP contribution >= 0.6 is 31.9 Å². The average Bonchev–Trinajstić information content (AvgIpc) is 2.42. The number of sulfonamides is 1. The van der Waals surface area contributed by atoms with Crippen molar-refractivity contribution in [2.75, 3.05) is 16.2 Å². The molecule has 0 saturated carbocycles. The first-order chi connectivity index (χ1) is 9.72. The Labute approximate surface area is 140 Å². The summed E-state index contributed by atoms with van der Waals surface area (Å²) < 4.78 is 28.2. The van der Waals surface area contributed by atoms with Crippen LogP contribution in [0.1, 0.15) is 5.56 Å². The summed E-state index contributed by atoms with van der Waals surface area (Å²) in [6.45, 7) is 1.89. The molecule has 0 radical (unpaired) electrons. The molecule has 0 atom stereocenters. The molecule has 5 N–H and O–H groups in total. The lowest BCUT2D eigenvalue weighted by Gasteiger charge is -2.14. The van der Waals surface area contributed by atoms with Crippen LogP contribution in [0.3, 0.4) is 0 Å². The maximum atomic E-state index is 12.4. The summed E-state index contributed by atoms with van der Waals surface area (Å²) in [5, 5.41) is 0. The molecule has 0 aliphatic rings. The van der Waals surface area contributed by atoms with Gasteiger partial charge in [-0.1, -0.05) is 17.7 Å². The zero-order chi connectivity index (χ0) is 15.8. The van der Waals surface area contributed by atoms with Gasteiger partial charge in [-0.3, -0.25) is 4.72 Å². The predicted octanol–water partition coefficient (Wildman–Crippen LogP) is 3.49. The van der Waals surface area contributed by atoms with Crippen molar-refractivity contribution in [3.8, 4) is 0 Å².